The van der Waals surface area contributed by atoms with Crippen LogP contribution in [0.5, 0.6) is 0 Å². The number of aliphatic carboxylic acids is 1. The largest absolute Gasteiger partial charge is 0.481 e. The first-order valence-electron chi connectivity index (χ1n) is 12.8. The highest BCUT2D eigenvalue weighted by Crippen LogP contribution is 2.40. The molecule has 1 aliphatic heterocycles. The summed E-state index contributed by atoms with van der Waals surface area (Å²) in [6.45, 7) is 0. The molecule has 3 N–H and O–H groups in total. The molecule has 0 saturated carbocycles. The van der Waals surface area contributed by atoms with Crippen LogP contribution in [-0.4, -0.2) is 33.8 Å². The molecule has 3 aromatic carbocycles. The van der Waals surface area contributed by atoms with Crippen LogP contribution in [0, 0.1) is 0 Å². The molecule has 206 valence electrons. The van der Waals surface area contributed by atoms with Crippen LogP contribution in [0.1, 0.15) is 56.8 Å². The van der Waals surface area contributed by atoms with Crippen LogP contribution in [0.25, 0.3) is 0 Å². The van der Waals surface area contributed by atoms with Crippen LogP contribution >= 0.6 is 15.9 Å². The minimum absolute atomic E-state index is 0.00165. The van der Waals surface area contributed by atoms with Crippen molar-refractivity contribution in [3.8, 4) is 0 Å². The number of carboxylic acid groups (broad SMARTS) is 1. The van der Waals surface area contributed by atoms with Crippen molar-refractivity contribution in [2.45, 2.75) is 24.9 Å². The number of nitrogens with zero attached hydrogens (tertiary/aromatic N) is 2. The van der Waals surface area contributed by atoms with Crippen molar-refractivity contribution in [1.82, 2.24) is 10.3 Å². The number of hydrogen-bond donors (Lipinski definition) is 3. The average molecular weight is 613 g/mol. The Hall–Kier alpha value is -4.83. The zero-order valence-electron chi connectivity index (χ0n) is 21.7. The molecule has 1 aromatic heterocycles. The van der Waals surface area contributed by atoms with Crippen molar-refractivity contribution in [1.29, 1.82) is 0 Å². The summed E-state index contributed by atoms with van der Waals surface area (Å²) in [5, 5.41) is 15.0. The molecule has 10 heteroatoms. The van der Waals surface area contributed by atoms with Gasteiger partial charge in [0.1, 0.15) is 0 Å². The van der Waals surface area contributed by atoms with Crippen molar-refractivity contribution in [2.24, 2.45) is 0 Å². The highest BCUT2D eigenvalue weighted by Gasteiger charge is 2.34. The number of aromatic nitrogens is 1. The predicted molar refractivity (Wildman–Crippen MR) is 157 cm³/mol. The van der Waals surface area contributed by atoms with Gasteiger partial charge >= 0.3 is 5.97 Å². The summed E-state index contributed by atoms with van der Waals surface area (Å²) in [6, 6.07) is 22.9. The molecule has 0 bridgehead atoms. The van der Waals surface area contributed by atoms with Gasteiger partial charge in [-0.2, -0.15) is 0 Å². The molecule has 0 aliphatic carbocycles. The van der Waals surface area contributed by atoms with Crippen LogP contribution < -0.4 is 15.5 Å². The van der Waals surface area contributed by atoms with E-state index >= 15 is 0 Å². The Labute approximate surface area is 244 Å². The molecule has 41 heavy (non-hydrogen) atoms. The summed E-state index contributed by atoms with van der Waals surface area (Å²) in [6.07, 6.45) is 2.72. The summed E-state index contributed by atoms with van der Waals surface area (Å²) >= 11 is 3.43. The highest BCUT2D eigenvalue weighted by molar-refractivity contribution is 9.10. The number of amides is 3. The van der Waals surface area contributed by atoms with Crippen LogP contribution in [0.15, 0.2) is 102 Å². The molecular formula is C31H25BrN4O5. The molecule has 0 spiro atoms. The normalized spacial score (nSPS) is 15.2. The molecule has 0 radical (unpaired) electrons. The Morgan fingerprint density at radius 1 is 1.00 bits per heavy atom. The minimum Gasteiger partial charge on any atom is -0.481 e. The molecule has 2 atom stereocenters. The lowest BCUT2D eigenvalue weighted by molar-refractivity contribution is -0.137. The second-order valence-corrected chi connectivity index (χ2v) is 10.4. The number of rotatable bonds is 7. The Balaban J connectivity index is 1.54. The zero-order chi connectivity index (χ0) is 28.9. The van der Waals surface area contributed by atoms with E-state index in [0.717, 1.165) is 10.0 Å². The zero-order valence-corrected chi connectivity index (χ0v) is 23.2. The number of nitrogens with one attached hydrogen (secondary N) is 2. The Kier molecular flexibility index (Phi) is 8.21. The van der Waals surface area contributed by atoms with Crippen molar-refractivity contribution in [3.05, 3.63) is 124 Å². The van der Waals surface area contributed by atoms with E-state index in [-0.39, 0.29) is 30.2 Å². The van der Waals surface area contributed by atoms with E-state index in [1.807, 2.05) is 36.4 Å². The Morgan fingerprint density at radius 3 is 2.51 bits per heavy atom. The SMILES string of the molecule is O=C(O)CC(NC(=O)c1ccc2c(c1)NC(=O)CC(c1ccccc1)N2C(=O)c1cccc(Br)c1)c1cccnc1. The maximum atomic E-state index is 14.0. The van der Waals surface area contributed by atoms with Crippen LogP contribution in [-0.2, 0) is 9.59 Å². The molecule has 0 saturated heterocycles. The lowest BCUT2D eigenvalue weighted by Crippen LogP contribution is -2.35. The van der Waals surface area contributed by atoms with Gasteiger partial charge in [0, 0.05) is 28.0 Å². The van der Waals surface area contributed by atoms with E-state index in [2.05, 4.69) is 31.5 Å². The number of benzene rings is 3. The van der Waals surface area contributed by atoms with Gasteiger partial charge in [-0.1, -0.05) is 58.4 Å². The fourth-order valence-electron chi connectivity index (χ4n) is 4.83. The van der Waals surface area contributed by atoms with Gasteiger partial charge in [0.15, 0.2) is 0 Å². The summed E-state index contributed by atoms with van der Waals surface area (Å²) in [7, 11) is 0. The molecule has 5 rings (SSSR count). The number of carbonyl (C=O) groups excluding carboxylic acids is 3. The van der Waals surface area contributed by atoms with Crippen molar-refractivity contribution in [2.75, 3.05) is 10.2 Å². The van der Waals surface area contributed by atoms with Gasteiger partial charge in [-0.05, 0) is 53.6 Å². The average Bonchev–Trinajstić information content (AvgIpc) is 3.12. The summed E-state index contributed by atoms with van der Waals surface area (Å²) in [4.78, 5) is 57.5. The van der Waals surface area contributed by atoms with Gasteiger partial charge in [-0.15, -0.1) is 0 Å². The van der Waals surface area contributed by atoms with Gasteiger partial charge in [0.25, 0.3) is 11.8 Å². The maximum Gasteiger partial charge on any atom is 0.305 e. The van der Waals surface area contributed by atoms with E-state index in [1.165, 1.54) is 12.3 Å². The fourth-order valence-corrected chi connectivity index (χ4v) is 5.23. The fraction of sp³-hybridized carbons (Fsp3) is 0.129. The predicted octanol–water partition coefficient (Wildman–Crippen LogP) is 5.52. The standard InChI is InChI=1S/C31H25BrN4O5/c32-23-10-4-8-21(14-23)31(41)36-26-12-11-20(30(40)35-24(16-29(38)39)22-9-5-13-33-18-22)15-25(26)34-28(37)17-27(36)19-6-2-1-3-7-19/h1-15,18,24,27H,16-17H2,(H,34,37)(H,35,40)(H,38,39). The third kappa shape index (κ3) is 6.33. The van der Waals surface area contributed by atoms with E-state index < -0.39 is 24.0 Å². The van der Waals surface area contributed by atoms with Gasteiger partial charge < -0.3 is 15.7 Å². The molecular weight excluding hydrogens is 588 g/mol. The third-order valence-corrected chi connectivity index (χ3v) is 7.22. The van der Waals surface area contributed by atoms with Gasteiger partial charge in [-0.25, -0.2) is 0 Å². The van der Waals surface area contributed by atoms with E-state index in [0.29, 0.717) is 22.5 Å². The number of anilines is 2. The molecule has 9 nitrogen and oxygen atoms in total. The van der Waals surface area contributed by atoms with Crippen molar-refractivity contribution in [3.63, 3.8) is 0 Å². The van der Waals surface area contributed by atoms with Gasteiger partial charge in [0.05, 0.1) is 36.3 Å². The number of carboxylic acids is 1. The topological polar surface area (TPSA) is 129 Å². The number of halogens is 1. The second kappa shape index (κ2) is 12.1. The summed E-state index contributed by atoms with van der Waals surface area (Å²) < 4.78 is 0.736. The second-order valence-electron chi connectivity index (χ2n) is 9.51. The number of hydrogen-bond acceptors (Lipinski definition) is 5. The lowest BCUT2D eigenvalue weighted by atomic mass is 9.99. The molecule has 1 aliphatic rings. The minimum atomic E-state index is -1.08. The molecule has 3 amide bonds. The van der Waals surface area contributed by atoms with Gasteiger partial charge in [0.2, 0.25) is 5.91 Å². The molecule has 0 fully saturated rings. The van der Waals surface area contributed by atoms with E-state index in [4.69, 9.17) is 0 Å². The molecule has 4 aromatic rings. The molecule has 2 unspecified atom stereocenters. The maximum absolute atomic E-state index is 14.0. The van der Waals surface area contributed by atoms with Crippen LogP contribution in [0.3, 0.4) is 0 Å². The smallest absolute Gasteiger partial charge is 0.305 e. The first kappa shape index (κ1) is 27.7. The summed E-state index contributed by atoms with van der Waals surface area (Å²) in [5.74, 6) is -2.25. The number of fused-ring (bicyclic) bond motifs is 1. The third-order valence-electron chi connectivity index (χ3n) is 6.73. The van der Waals surface area contributed by atoms with Crippen LogP contribution in [0.4, 0.5) is 11.4 Å². The van der Waals surface area contributed by atoms with Gasteiger partial charge in [-0.3, -0.25) is 29.1 Å². The van der Waals surface area contributed by atoms with Crippen molar-refractivity contribution < 1.29 is 24.3 Å². The number of carbonyl (C=O) groups is 4. The number of pyridine rings is 1. The van der Waals surface area contributed by atoms with Crippen LogP contribution in [0.2, 0.25) is 0 Å². The van der Waals surface area contributed by atoms with E-state index in [1.54, 1.807) is 53.6 Å². The Bertz CT molecular complexity index is 1610. The quantitative estimate of drug-likeness (QED) is 0.252. The summed E-state index contributed by atoms with van der Waals surface area (Å²) in [5.41, 5.74) is 2.67. The monoisotopic (exact) mass is 612 g/mol. The molecule has 2 heterocycles. The first-order valence-corrected chi connectivity index (χ1v) is 13.6. The highest BCUT2D eigenvalue weighted by atomic mass is 79.9. The lowest BCUT2D eigenvalue weighted by Gasteiger charge is -2.31. The first-order chi connectivity index (χ1) is 19.8. The van der Waals surface area contributed by atoms with E-state index in [9.17, 15) is 24.3 Å². The Morgan fingerprint density at radius 2 is 1.80 bits per heavy atom. The van der Waals surface area contributed by atoms with Crippen molar-refractivity contribution >= 4 is 51.0 Å².